The quantitative estimate of drug-likeness (QED) is 0.326. The molecule has 2 amide bonds. The second kappa shape index (κ2) is 10.4. The van der Waals surface area contributed by atoms with Crippen LogP contribution in [0.15, 0.2) is 97.1 Å². The molecule has 176 valence electrons. The molecule has 0 saturated heterocycles. The largest absolute Gasteiger partial charge is 0.322 e. The first-order valence-electron chi connectivity index (χ1n) is 11.8. The number of rotatable bonds is 6. The zero-order valence-electron chi connectivity index (χ0n) is 20.6. The second-order valence-corrected chi connectivity index (χ2v) is 9.02. The van der Waals surface area contributed by atoms with Gasteiger partial charge in [-0.3, -0.25) is 9.59 Å². The summed E-state index contributed by atoms with van der Waals surface area (Å²) in [4.78, 5) is 27.9. The van der Waals surface area contributed by atoms with E-state index in [1.807, 2.05) is 73.7 Å². The van der Waals surface area contributed by atoms with Crippen molar-refractivity contribution in [1.29, 1.82) is 0 Å². The molecular formula is C31H30N2O2. The molecule has 4 rings (SSSR count). The summed E-state index contributed by atoms with van der Waals surface area (Å²) < 4.78 is 0. The van der Waals surface area contributed by atoms with Crippen LogP contribution in [0.3, 0.4) is 0 Å². The fraction of sp³-hybridized carbons (Fsp3) is 0.161. The fourth-order valence-corrected chi connectivity index (χ4v) is 4.14. The topological polar surface area (TPSA) is 49.4 Å². The zero-order chi connectivity index (χ0) is 24.9. The first-order chi connectivity index (χ1) is 16.8. The SMILES string of the molecule is Cc1ccc(-c2ccccc2C(=O)Nc2ccc(C(=O)N(C)c3ccccc3C(C)C)cc2)cc1. The number of anilines is 2. The van der Waals surface area contributed by atoms with Crippen LogP contribution in [0.1, 0.15) is 51.6 Å². The van der Waals surface area contributed by atoms with Crippen LogP contribution in [0.4, 0.5) is 11.4 Å². The Morgan fingerprint density at radius 2 is 1.40 bits per heavy atom. The molecule has 4 aromatic rings. The highest BCUT2D eigenvalue weighted by Crippen LogP contribution is 2.28. The van der Waals surface area contributed by atoms with Gasteiger partial charge >= 0.3 is 0 Å². The Balaban J connectivity index is 1.51. The minimum atomic E-state index is -0.191. The van der Waals surface area contributed by atoms with Crippen molar-refractivity contribution in [2.45, 2.75) is 26.7 Å². The van der Waals surface area contributed by atoms with E-state index in [-0.39, 0.29) is 11.8 Å². The Kier molecular flexibility index (Phi) is 7.11. The molecule has 0 bridgehead atoms. The summed E-state index contributed by atoms with van der Waals surface area (Å²) in [5.74, 6) is 0.0192. The molecule has 0 atom stereocenters. The summed E-state index contributed by atoms with van der Waals surface area (Å²) in [5.41, 5.74) is 6.86. The number of amides is 2. The first kappa shape index (κ1) is 24.0. The van der Waals surface area contributed by atoms with Gasteiger partial charge in [0.05, 0.1) is 0 Å². The molecule has 0 heterocycles. The summed E-state index contributed by atoms with van der Waals surface area (Å²) >= 11 is 0. The lowest BCUT2D eigenvalue weighted by Gasteiger charge is -2.22. The van der Waals surface area contributed by atoms with E-state index in [9.17, 15) is 9.59 Å². The molecule has 0 fully saturated rings. The van der Waals surface area contributed by atoms with Crippen molar-refractivity contribution >= 4 is 23.2 Å². The van der Waals surface area contributed by atoms with E-state index >= 15 is 0 Å². The second-order valence-electron chi connectivity index (χ2n) is 9.02. The molecule has 0 radical (unpaired) electrons. The Morgan fingerprint density at radius 1 is 0.771 bits per heavy atom. The molecule has 0 saturated carbocycles. The van der Waals surface area contributed by atoms with Crippen molar-refractivity contribution in [2.75, 3.05) is 17.3 Å². The van der Waals surface area contributed by atoms with Crippen molar-refractivity contribution in [1.82, 2.24) is 0 Å². The van der Waals surface area contributed by atoms with Crippen molar-refractivity contribution in [3.8, 4) is 11.1 Å². The van der Waals surface area contributed by atoms with Crippen molar-refractivity contribution in [3.63, 3.8) is 0 Å². The number of hydrogen-bond donors (Lipinski definition) is 1. The summed E-state index contributed by atoms with van der Waals surface area (Å²) in [6, 6.07) is 30.7. The molecule has 0 aliphatic rings. The van der Waals surface area contributed by atoms with Crippen LogP contribution in [0.5, 0.6) is 0 Å². The van der Waals surface area contributed by atoms with Gasteiger partial charge in [-0.15, -0.1) is 0 Å². The summed E-state index contributed by atoms with van der Waals surface area (Å²) in [7, 11) is 1.79. The van der Waals surface area contributed by atoms with Gasteiger partial charge in [-0.25, -0.2) is 0 Å². The third kappa shape index (κ3) is 5.33. The number of nitrogens with zero attached hydrogens (tertiary/aromatic N) is 1. The van der Waals surface area contributed by atoms with Crippen LogP contribution in [0, 0.1) is 6.92 Å². The van der Waals surface area contributed by atoms with Gasteiger partial charge in [-0.1, -0.05) is 80.1 Å². The maximum atomic E-state index is 13.1. The van der Waals surface area contributed by atoms with Gasteiger partial charge in [0.1, 0.15) is 0 Å². The lowest BCUT2D eigenvalue weighted by molar-refractivity contribution is 0.0991. The molecule has 0 unspecified atom stereocenters. The predicted octanol–water partition coefficient (Wildman–Crippen LogP) is 7.31. The molecule has 35 heavy (non-hydrogen) atoms. The molecule has 4 heteroatoms. The first-order valence-corrected chi connectivity index (χ1v) is 11.8. The zero-order valence-corrected chi connectivity index (χ0v) is 20.6. The van der Waals surface area contributed by atoms with Crippen LogP contribution >= 0.6 is 0 Å². The third-order valence-electron chi connectivity index (χ3n) is 6.15. The highest BCUT2D eigenvalue weighted by Gasteiger charge is 2.18. The maximum Gasteiger partial charge on any atom is 0.258 e. The average Bonchev–Trinajstić information content (AvgIpc) is 2.88. The Hall–Kier alpha value is -4.18. The summed E-state index contributed by atoms with van der Waals surface area (Å²) in [6.45, 7) is 6.27. The standard InChI is InChI=1S/C31H30N2O2/c1-21(2)26-9-7-8-12-29(26)33(4)31(35)24-17-19-25(20-18-24)32-30(34)28-11-6-5-10-27(28)23-15-13-22(3)14-16-23/h5-21H,1-4H3,(H,32,34). The van der Waals surface area contributed by atoms with E-state index in [0.717, 1.165) is 22.4 Å². The molecule has 0 aliphatic carbocycles. The smallest absolute Gasteiger partial charge is 0.258 e. The van der Waals surface area contributed by atoms with Gasteiger partial charge in [0.15, 0.2) is 0 Å². The normalized spacial score (nSPS) is 10.8. The van der Waals surface area contributed by atoms with Gasteiger partial charge in [-0.05, 0) is 65.9 Å². The molecule has 0 aliphatic heterocycles. The van der Waals surface area contributed by atoms with Crippen LogP contribution in [0.2, 0.25) is 0 Å². The lowest BCUT2D eigenvalue weighted by Crippen LogP contribution is -2.27. The summed E-state index contributed by atoms with van der Waals surface area (Å²) in [5, 5.41) is 2.97. The van der Waals surface area contributed by atoms with Gasteiger partial charge < -0.3 is 10.2 Å². The minimum absolute atomic E-state index is 0.0966. The number of hydrogen-bond acceptors (Lipinski definition) is 2. The van der Waals surface area contributed by atoms with Crippen LogP contribution in [-0.2, 0) is 0 Å². The average molecular weight is 463 g/mol. The molecule has 0 aromatic heterocycles. The number of aryl methyl sites for hydroxylation is 1. The van der Waals surface area contributed by atoms with Gasteiger partial charge in [0.25, 0.3) is 11.8 Å². The van der Waals surface area contributed by atoms with Crippen molar-refractivity contribution in [2.24, 2.45) is 0 Å². The van der Waals surface area contributed by atoms with Gasteiger partial charge in [-0.2, -0.15) is 0 Å². The predicted molar refractivity (Wildman–Crippen MR) is 144 cm³/mol. The van der Waals surface area contributed by atoms with Crippen LogP contribution in [0.25, 0.3) is 11.1 Å². The maximum absolute atomic E-state index is 13.1. The van der Waals surface area contributed by atoms with E-state index in [0.29, 0.717) is 22.7 Å². The van der Waals surface area contributed by atoms with E-state index in [1.165, 1.54) is 5.56 Å². The number of para-hydroxylation sites is 1. The minimum Gasteiger partial charge on any atom is -0.322 e. The summed E-state index contributed by atoms with van der Waals surface area (Å²) in [6.07, 6.45) is 0. The van der Waals surface area contributed by atoms with E-state index in [1.54, 1.807) is 36.2 Å². The Labute approximate surface area is 207 Å². The number of nitrogens with one attached hydrogen (secondary N) is 1. The number of benzene rings is 4. The fourth-order valence-electron chi connectivity index (χ4n) is 4.14. The monoisotopic (exact) mass is 462 g/mol. The van der Waals surface area contributed by atoms with E-state index in [4.69, 9.17) is 0 Å². The van der Waals surface area contributed by atoms with Gasteiger partial charge in [0, 0.05) is 29.5 Å². The molecule has 1 N–H and O–H groups in total. The highest BCUT2D eigenvalue weighted by atomic mass is 16.2. The molecular weight excluding hydrogens is 432 g/mol. The number of carbonyl (C=O) groups is 2. The lowest BCUT2D eigenvalue weighted by atomic mass is 9.98. The third-order valence-corrected chi connectivity index (χ3v) is 6.15. The Morgan fingerprint density at radius 3 is 2.09 bits per heavy atom. The van der Waals surface area contributed by atoms with Crippen LogP contribution < -0.4 is 10.2 Å². The number of carbonyl (C=O) groups excluding carboxylic acids is 2. The van der Waals surface area contributed by atoms with Gasteiger partial charge in [0.2, 0.25) is 0 Å². The van der Waals surface area contributed by atoms with Crippen molar-refractivity contribution in [3.05, 3.63) is 119 Å². The molecule has 4 nitrogen and oxygen atoms in total. The van der Waals surface area contributed by atoms with E-state index < -0.39 is 0 Å². The molecule has 0 spiro atoms. The van der Waals surface area contributed by atoms with E-state index in [2.05, 4.69) is 25.2 Å². The van der Waals surface area contributed by atoms with Crippen LogP contribution in [-0.4, -0.2) is 18.9 Å². The highest BCUT2D eigenvalue weighted by molar-refractivity contribution is 6.09. The molecule has 4 aromatic carbocycles. The Bertz CT molecular complexity index is 1340. The van der Waals surface area contributed by atoms with Crippen molar-refractivity contribution < 1.29 is 9.59 Å².